The molecule has 0 aromatic heterocycles. The Morgan fingerprint density at radius 2 is 1.91 bits per heavy atom. The lowest BCUT2D eigenvalue weighted by Gasteiger charge is -2.11. The van der Waals surface area contributed by atoms with Crippen LogP contribution >= 0.6 is 0 Å². The van der Waals surface area contributed by atoms with E-state index in [1.54, 1.807) is 6.07 Å². The van der Waals surface area contributed by atoms with Crippen molar-refractivity contribution in [2.24, 2.45) is 0 Å². The number of aryl methyl sites for hydroxylation is 1. The third-order valence-corrected chi connectivity index (χ3v) is 3.02. The summed E-state index contributed by atoms with van der Waals surface area (Å²) in [6.07, 6.45) is -4.56. The van der Waals surface area contributed by atoms with Gasteiger partial charge in [0.1, 0.15) is 17.6 Å². The third-order valence-electron chi connectivity index (χ3n) is 3.02. The van der Waals surface area contributed by atoms with Crippen LogP contribution in [-0.4, -0.2) is 4.92 Å². The third kappa shape index (κ3) is 3.58. The van der Waals surface area contributed by atoms with Crippen LogP contribution in [0.4, 0.5) is 18.9 Å². The molecule has 0 atom stereocenters. The van der Waals surface area contributed by atoms with E-state index in [1.807, 2.05) is 0 Å². The summed E-state index contributed by atoms with van der Waals surface area (Å²) in [6.45, 7) is 1.50. The van der Waals surface area contributed by atoms with Crippen LogP contribution in [0.2, 0.25) is 0 Å². The molecule has 0 aliphatic heterocycles. The van der Waals surface area contributed by atoms with Crippen LogP contribution in [0.3, 0.4) is 0 Å². The van der Waals surface area contributed by atoms with Gasteiger partial charge >= 0.3 is 6.18 Å². The number of hydrogen-bond donors (Lipinski definition) is 0. The molecule has 8 heteroatoms. The first kappa shape index (κ1) is 16.3. The topological polar surface area (TPSA) is 76.2 Å². The summed E-state index contributed by atoms with van der Waals surface area (Å²) in [6, 6.07) is 8.07. The molecule has 118 valence electrons. The zero-order valence-corrected chi connectivity index (χ0v) is 11.7. The maximum atomic E-state index is 12.6. The molecule has 0 amide bonds. The number of rotatable bonds is 3. The van der Waals surface area contributed by atoms with Gasteiger partial charge in [-0.15, -0.1) is 0 Å². The van der Waals surface area contributed by atoms with Gasteiger partial charge in [-0.3, -0.25) is 10.1 Å². The molecule has 0 bridgehead atoms. The number of alkyl halides is 3. The molecule has 0 radical (unpaired) electrons. The Labute approximate surface area is 128 Å². The number of nitro groups is 1. The number of ether oxygens (including phenoxy) is 1. The summed E-state index contributed by atoms with van der Waals surface area (Å²) < 4.78 is 43.2. The number of hydrogen-bond acceptors (Lipinski definition) is 4. The van der Waals surface area contributed by atoms with Crippen molar-refractivity contribution in [1.29, 1.82) is 5.26 Å². The number of nitro benzene ring substituents is 1. The van der Waals surface area contributed by atoms with Crippen molar-refractivity contribution in [2.75, 3.05) is 0 Å². The highest BCUT2D eigenvalue weighted by molar-refractivity contribution is 5.50. The Bertz CT molecular complexity index is 811. The van der Waals surface area contributed by atoms with Crippen molar-refractivity contribution < 1.29 is 22.8 Å². The number of nitriles is 1. The van der Waals surface area contributed by atoms with Crippen LogP contribution < -0.4 is 4.74 Å². The van der Waals surface area contributed by atoms with Crippen LogP contribution in [0.15, 0.2) is 36.4 Å². The van der Waals surface area contributed by atoms with Gasteiger partial charge in [-0.05, 0) is 37.3 Å². The van der Waals surface area contributed by atoms with Crippen molar-refractivity contribution in [3.8, 4) is 17.6 Å². The predicted octanol–water partition coefficient (Wildman–Crippen LogP) is 4.59. The Kier molecular flexibility index (Phi) is 4.22. The van der Waals surface area contributed by atoms with Gasteiger partial charge in [0.05, 0.1) is 16.1 Å². The highest BCUT2D eigenvalue weighted by atomic mass is 19.4. The Morgan fingerprint density at radius 3 is 2.43 bits per heavy atom. The van der Waals surface area contributed by atoms with E-state index in [-0.39, 0.29) is 22.7 Å². The minimum atomic E-state index is -4.56. The second-order valence-electron chi connectivity index (χ2n) is 4.63. The smallest absolute Gasteiger partial charge is 0.416 e. The van der Waals surface area contributed by atoms with Gasteiger partial charge in [-0.2, -0.15) is 18.4 Å². The zero-order chi connectivity index (χ0) is 17.2. The molecule has 0 aliphatic rings. The average Bonchev–Trinajstić information content (AvgIpc) is 2.46. The molecule has 0 saturated heterocycles. The van der Waals surface area contributed by atoms with Crippen molar-refractivity contribution in [3.05, 3.63) is 63.2 Å². The summed E-state index contributed by atoms with van der Waals surface area (Å²) in [5.74, 6) is 0.123. The summed E-state index contributed by atoms with van der Waals surface area (Å²) in [5, 5.41) is 19.7. The van der Waals surface area contributed by atoms with Gasteiger partial charge in [-0.1, -0.05) is 0 Å². The maximum Gasteiger partial charge on any atom is 0.416 e. The molecule has 2 aromatic rings. The van der Waals surface area contributed by atoms with E-state index < -0.39 is 16.7 Å². The van der Waals surface area contributed by atoms with Gasteiger partial charge in [0.25, 0.3) is 5.69 Å². The molecule has 0 fully saturated rings. The molecule has 2 rings (SSSR count). The second-order valence-corrected chi connectivity index (χ2v) is 4.63. The van der Waals surface area contributed by atoms with Crippen LogP contribution in [-0.2, 0) is 6.18 Å². The number of halogens is 3. The second kappa shape index (κ2) is 5.96. The first-order valence-corrected chi connectivity index (χ1v) is 6.26. The lowest BCUT2D eigenvalue weighted by atomic mass is 10.1. The summed E-state index contributed by atoms with van der Waals surface area (Å²) in [4.78, 5) is 10.2. The standard InChI is InChI=1S/C15H9F3N2O3/c1-9-6-12(3-4-13(9)20(21)22)23-14-5-2-11(15(16,17)18)7-10(14)8-19/h2-7H,1H3. The molecule has 0 aliphatic carbocycles. The zero-order valence-electron chi connectivity index (χ0n) is 11.7. The number of nitrogens with zero attached hydrogens (tertiary/aromatic N) is 2. The van der Waals surface area contributed by atoms with Gasteiger partial charge in [0.15, 0.2) is 0 Å². The van der Waals surface area contributed by atoms with Crippen molar-refractivity contribution >= 4 is 5.69 Å². The van der Waals surface area contributed by atoms with E-state index in [9.17, 15) is 23.3 Å². The van der Waals surface area contributed by atoms with Crippen molar-refractivity contribution in [2.45, 2.75) is 13.1 Å². The molecule has 2 aromatic carbocycles. The van der Waals surface area contributed by atoms with E-state index in [2.05, 4.69) is 0 Å². The fraction of sp³-hybridized carbons (Fsp3) is 0.133. The molecule has 0 saturated carbocycles. The van der Waals surface area contributed by atoms with Crippen LogP contribution in [0.1, 0.15) is 16.7 Å². The first-order chi connectivity index (χ1) is 10.7. The van der Waals surface area contributed by atoms with Gasteiger partial charge in [0.2, 0.25) is 0 Å². The summed E-state index contributed by atoms with van der Waals surface area (Å²) in [5.41, 5.74) is -1.01. The quantitative estimate of drug-likeness (QED) is 0.612. The molecule has 0 unspecified atom stereocenters. The van der Waals surface area contributed by atoms with E-state index >= 15 is 0 Å². The Balaban J connectivity index is 2.36. The fourth-order valence-electron chi connectivity index (χ4n) is 1.91. The van der Waals surface area contributed by atoms with Crippen LogP contribution in [0, 0.1) is 28.4 Å². The Hall–Kier alpha value is -3.08. The Morgan fingerprint density at radius 1 is 1.22 bits per heavy atom. The molecule has 0 spiro atoms. The van der Waals surface area contributed by atoms with Crippen LogP contribution in [0.25, 0.3) is 0 Å². The first-order valence-electron chi connectivity index (χ1n) is 6.26. The summed E-state index contributed by atoms with van der Waals surface area (Å²) in [7, 11) is 0. The fourth-order valence-corrected chi connectivity index (χ4v) is 1.91. The highest BCUT2D eigenvalue weighted by Crippen LogP contribution is 2.34. The number of benzene rings is 2. The molecule has 23 heavy (non-hydrogen) atoms. The van der Waals surface area contributed by atoms with Crippen LogP contribution in [0.5, 0.6) is 11.5 Å². The van der Waals surface area contributed by atoms with E-state index in [1.165, 1.54) is 25.1 Å². The molecular formula is C15H9F3N2O3. The largest absolute Gasteiger partial charge is 0.456 e. The SMILES string of the molecule is Cc1cc(Oc2ccc(C(F)(F)F)cc2C#N)ccc1[N+](=O)[O-]. The van der Waals surface area contributed by atoms with Crippen molar-refractivity contribution in [1.82, 2.24) is 0 Å². The normalized spacial score (nSPS) is 10.9. The maximum absolute atomic E-state index is 12.6. The average molecular weight is 322 g/mol. The summed E-state index contributed by atoms with van der Waals surface area (Å²) >= 11 is 0. The molecular weight excluding hydrogens is 313 g/mol. The minimum Gasteiger partial charge on any atom is -0.456 e. The molecule has 0 heterocycles. The van der Waals surface area contributed by atoms with E-state index in [0.29, 0.717) is 11.6 Å². The minimum absolute atomic E-state index is 0.0613. The van der Waals surface area contributed by atoms with Gasteiger partial charge in [0, 0.05) is 11.6 Å². The highest BCUT2D eigenvalue weighted by Gasteiger charge is 2.31. The lowest BCUT2D eigenvalue weighted by molar-refractivity contribution is -0.385. The van der Waals surface area contributed by atoms with Crippen molar-refractivity contribution in [3.63, 3.8) is 0 Å². The van der Waals surface area contributed by atoms with E-state index in [4.69, 9.17) is 10.00 Å². The monoisotopic (exact) mass is 322 g/mol. The van der Waals surface area contributed by atoms with E-state index in [0.717, 1.165) is 12.1 Å². The molecule has 0 N–H and O–H groups in total. The molecule has 5 nitrogen and oxygen atoms in total. The predicted molar refractivity (Wildman–Crippen MR) is 74.1 cm³/mol. The van der Waals surface area contributed by atoms with Gasteiger partial charge < -0.3 is 4.74 Å². The van der Waals surface area contributed by atoms with Gasteiger partial charge in [-0.25, -0.2) is 0 Å². The lowest BCUT2D eigenvalue weighted by Crippen LogP contribution is -2.05.